The van der Waals surface area contributed by atoms with E-state index in [4.69, 9.17) is 0 Å². The lowest BCUT2D eigenvalue weighted by atomic mass is 9.86. The van der Waals surface area contributed by atoms with Crippen molar-refractivity contribution in [3.05, 3.63) is 29.8 Å². The van der Waals surface area contributed by atoms with Crippen LogP contribution in [-0.2, 0) is 10.2 Å². The van der Waals surface area contributed by atoms with Gasteiger partial charge in [-0.2, -0.15) is 0 Å². The first kappa shape index (κ1) is 23.3. The molecule has 0 aliphatic heterocycles. The Labute approximate surface area is 188 Å². The largest absolute Gasteiger partial charge is 0.341 e. The van der Waals surface area contributed by atoms with Crippen LogP contribution in [0.15, 0.2) is 29.4 Å². The maximum Gasteiger partial charge on any atom is 0.321 e. The summed E-state index contributed by atoms with van der Waals surface area (Å²) in [5.41, 5.74) is 2.46. The zero-order valence-corrected chi connectivity index (χ0v) is 19.7. The highest BCUT2D eigenvalue weighted by Crippen LogP contribution is 2.36. The molecule has 0 atom stereocenters. The van der Waals surface area contributed by atoms with Gasteiger partial charge in [0.15, 0.2) is 11.0 Å². The van der Waals surface area contributed by atoms with Gasteiger partial charge in [-0.15, -0.1) is 10.2 Å². The molecule has 1 aromatic carbocycles. The van der Waals surface area contributed by atoms with Gasteiger partial charge >= 0.3 is 6.03 Å². The summed E-state index contributed by atoms with van der Waals surface area (Å²) in [6.07, 6.45) is 6.18. The van der Waals surface area contributed by atoms with Crippen LogP contribution in [0, 0.1) is 0 Å². The van der Waals surface area contributed by atoms with Gasteiger partial charge in [-0.3, -0.25) is 14.7 Å². The Morgan fingerprint density at radius 3 is 2.39 bits per heavy atom. The molecule has 3 amide bonds. The second kappa shape index (κ2) is 10.3. The number of thioether (sulfide) groups is 1. The van der Waals surface area contributed by atoms with E-state index in [1.165, 1.54) is 43.6 Å². The zero-order valence-electron chi connectivity index (χ0n) is 18.9. The topological polar surface area (TPSA) is 88.9 Å². The molecule has 1 aliphatic rings. The van der Waals surface area contributed by atoms with Crippen molar-refractivity contribution in [2.45, 2.75) is 75.9 Å². The van der Waals surface area contributed by atoms with Gasteiger partial charge in [0.1, 0.15) is 0 Å². The van der Waals surface area contributed by atoms with Crippen LogP contribution in [0.3, 0.4) is 0 Å². The molecule has 0 spiro atoms. The van der Waals surface area contributed by atoms with Crippen molar-refractivity contribution in [3.8, 4) is 11.4 Å². The number of hydrogen-bond acceptors (Lipinski definition) is 5. The van der Waals surface area contributed by atoms with Crippen LogP contribution >= 0.6 is 11.8 Å². The fraction of sp³-hybridized carbons (Fsp3) is 0.565. The number of nitrogens with zero attached hydrogens (tertiary/aromatic N) is 3. The Kier molecular flexibility index (Phi) is 7.75. The van der Waals surface area contributed by atoms with E-state index in [0.29, 0.717) is 11.8 Å². The van der Waals surface area contributed by atoms with Gasteiger partial charge in [0, 0.05) is 30.8 Å². The number of aromatic nitrogens is 3. The zero-order chi connectivity index (χ0) is 22.4. The standard InChI is InChI=1S/C23H33N5O2S/c1-23(2,3)17-12-10-16(11-13-17)20-26-27-22(28(20)18-8-6-5-7-9-18)31-15-14-19(29)25-21(30)24-4/h10-13,18H,5-9,14-15H2,1-4H3,(H2,24,25,29,30). The van der Waals surface area contributed by atoms with Crippen molar-refractivity contribution in [1.82, 2.24) is 25.4 Å². The third-order valence-corrected chi connectivity index (χ3v) is 6.60. The highest BCUT2D eigenvalue weighted by molar-refractivity contribution is 7.99. The van der Waals surface area contributed by atoms with Gasteiger partial charge in [0.05, 0.1) is 0 Å². The quantitative estimate of drug-likeness (QED) is 0.633. The third kappa shape index (κ3) is 6.09. The maximum atomic E-state index is 11.9. The van der Waals surface area contributed by atoms with Crippen molar-refractivity contribution in [2.75, 3.05) is 12.8 Å². The van der Waals surface area contributed by atoms with Gasteiger partial charge < -0.3 is 5.32 Å². The molecule has 2 aromatic rings. The number of nitrogens with one attached hydrogen (secondary N) is 2. The Balaban J connectivity index is 1.79. The van der Waals surface area contributed by atoms with E-state index in [0.717, 1.165) is 29.4 Å². The second-order valence-corrected chi connectivity index (χ2v) is 10.1. The van der Waals surface area contributed by atoms with E-state index in [2.05, 4.69) is 70.4 Å². The second-order valence-electron chi connectivity index (χ2n) is 9.02. The fourth-order valence-electron chi connectivity index (χ4n) is 3.85. The average molecular weight is 444 g/mol. The Morgan fingerprint density at radius 1 is 1.10 bits per heavy atom. The van der Waals surface area contributed by atoms with Gasteiger partial charge in [-0.1, -0.05) is 76.1 Å². The van der Waals surface area contributed by atoms with Crippen LogP contribution in [0.4, 0.5) is 4.79 Å². The molecule has 1 aliphatic carbocycles. The molecule has 3 rings (SSSR count). The molecule has 1 saturated carbocycles. The predicted molar refractivity (Wildman–Crippen MR) is 124 cm³/mol. The van der Waals surface area contributed by atoms with E-state index in [9.17, 15) is 9.59 Å². The first-order valence-corrected chi connectivity index (χ1v) is 12.0. The van der Waals surface area contributed by atoms with Gasteiger partial charge in [0.25, 0.3) is 0 Å². The van der Waals surface area contributed by atoms with Crippen molar-refractivity contribution in [2.24, 2.45) is 0 Å². The molecule has 0 radical (unpaired) electrons. The van der Waals surface area contributed by atoms with Crippen LogP contribution in [0.25, 0.3) is 11.4 Å². The summed E-state index contributed by atoms with van der Waals surface area (Å²) in [6, 6.07) is 8.50. The van der Waals surface area contributed by atoms with Crippen LogP contribution in [-0.4, -0.2) is 39.5 Å². The smallest absolute Gasteiger partial charge is 0.321 e. The summed E-state index contributed by atoms with van der Waals surface area (Å²) < 4.78 is 2.27. The van der Waals surface area contributed by atoms with Crippen molar-refractivity contribution in [1.29, 1.82) is 0 Å². The molecule has 0 bridgehead atoms. The molecule has 7 nitrogen and oxygen atoms in total. The van der Waals surface area contributed by atoms with Crippen LogP contribution in [0.2, 0.25) is 0 Å². The van der Waals surface area contributed by atoms with E-state index < -0.39 is 6.03 Å². The molecule has 1 fully saturated rings. The molecule has 31 heavy (non-hydrogen) atoms. The van der Waals surface area contributed by atoms with Crippen molar-refractivity contribution < 1.29 is 9.59 Å². The summed E-state index contributed by atoms with van der Waals surface area (Å²) >= 11 is 1.52. The maximum absolute atomic E-state index is 11.9. The summed E-state index contributed by atoms with van der Waals surface area (Å²) in [5.74, 6) is 1.13. The number of rotatable bonds is 6. The molecular weight excluding hydrogens is 410 g/mol. The third-order valence-electron chi connectivity index (χ3n) is 5.65. The number of imide groups is 1. The SMILES string of the molecule is CNC(=O)NC(=O)CCSc1nnc(-c2ccc(C(C)(C)C)cc2)n1C1CCCCC1. The number of urea groups is 1. The van der Waals surface area contributed by atoms with Crippen LogP contribution in [0.1, 0.15) is 70.9 Å². The minimum Gasteiger partial charge on any atom is -0.341 e. The van der Waals surface area contributed by atoms with Gasteiger partial charge in [-0.05, 0) is 23.8 Å². The number of carbonyl (C=O) groups excluding carboxylic acids is 2. The minimum atomic E-state index is -0.485. The molecule has 168 valence electrons. The van der Waals surface area contributed by atoms with Gasteiger partial charge in [-0.25, -0.2) is 4.79 Å². The minimum absolute atomic E-state index is 0.103. The highest BCUT2D eigenvalue weighted by Gasteiger charge is 2.24. The summed E-state index contributed by atoms with van der Waals surface area (Å²) in [6.45, 7) is 6.63. The molecule has 0 unspecified atom stereocenters. The lowest BCUT2D eigenvalue weighted by molar-refractivity contribution is -0.119. The first-order chi connectivity index (χ1) is 14.8. The lowest BCUT2D eigenvalue weighted by Crippen LogP contribution is -2.37. The summed E-state index contributed by atoms with van der Waals surface area (Å²) in [7, 11) is 1.49. The van der Waals surface area contributed by atoms with E-state index in [1.807, 2.05) is 0 Å². The van der Waals surface area contributed by atoms with Crippen LogP contribution < -0.4 is 10.6 Å². The molecule has 2 N–H and O–H groups in total. The molecule has 1 aromatic heterocycles. The molecule has 8 heteroatoms. The summed E-state index contributed by atoms with van der Waals surface area (Å²) in [4.78, 5) is 23.2. The Hall–Kier alpha value is -2.35. The normalized spacial score (nSPS) is 15.0. The monoisotopic (exact) mass is 443 g/mol. The van der Waals surface area contributed by atoms with Crippen LogP contribution in [0.5, 0.6) is 0 Å². The molecular formula is C23H33N5O2S. The Morgan fingerprint density at radius 2 is 1.77 bits per heavy atom. The fourth-order valence-corrected chi connectivity index (χ4v) is 4.79. The molecule has 1 heterocycles. The Bertz CT molecular complexity index is 896. The van der Waals surface area contributed by atoms with Crippen molar-refractivity contribution in [3.63, 3.8) is 0 Å². The number of amides is 3. The lowest BCUT2D eigenvalue weighted by Gasteiger charge is -2.26. The first-order valence-electron chi connectivity index (χ1n) is 11.0. The van der Waals surface area contributed by atoms with E-state index in [-0.39, 0.29) is 17.7 Å². The predicted octanol–water partition coefficient (Wildman–Crippen LogP) is 4.69. The van der Waals surface area contributed by atoms with E-state index >= 15 is 0 Å². The average Bonchev–Trinajstić information content (AvgIpc) is 3.17. The van der Waals surface area contributed by atoms with Gasteiger partial charge in [0.2, 0.25) is 5.91 Å². The summed E-state index contributed by atoms with van der Waals surface area (Å²) in [5, 5.41) is 14.5. The highest BCUT2D eigenvalue weighted by atomic mass is 32.2. The number of benzene rings is 1. The molecule has 0 saturated heterocycles. The number of hydrogen-bond donors (Lipinski definition) is 2. The van der Waals surface area contributed by atoms with E-state index in [1.54, 1.807) is 0 Å². The van der Waals surface area contributed by atoms with Crippen molar-refractivity contribution >= 4 is 23.7 Å². The number of carbonyl (C=O) groups is 2.